The van der Waals surface area contributed by atoms with E-state index in [2.05, 4.69) is 9.97 Å². The highest BCUT2D eigenvalue weighted by Gasteiger charge is 2.08. The molecule has 0 aliphatic heterocycles. The lowest BCUT2D eigenvalue weighted by molar-refractivity contribution is 1.40. The molecule has 0 fully saturated rings. The molecule has 0 bridgehead atoms. The van der Waals surface area contributed by atoms with Crippen molar-refractivity contribution in [3.63, 3.8) is 0 Å². The van der Waals surface area contributed by atoms with Crippen LogP contribution in [0.25, 0.3) is 32.4 Å². The second kappa shape index (κ2) is 3.83. The second-order valence-electron chi connectivity index (χ2n) is 4.45. The van der Waals surface area contributed by atoms with Gasteiger partial charge in [0.2, 0.25) is 0 Å². The highest BCUT2D eigenvalue weighted by atomic mass is 32.1. The fraction of sp³-hybridized carbons (Fsp3) is 0. The summed E-state index contributed by atoms with van der Waals surface area (Å²) < 4.78 is 0. The first kappa shape index (κ1) is 10.6. The SMILES string of the molecule is O=c1cc(-c2cccs2)[nH]c2ccc3[nH]ccc3c12. The maximum Gasteiger partial charge on any atom is 0.190 e. The molecule has 4 aromatic rings. The monoisotopic (exact) mass is 266 g/mol. The second-order valence-corrected chi connectivity index (χ2v) is 5.40. The Balaban J connectivity index is 2.13. The van der Waals surface area contributed by atoms with Gasteiger partial charge in [-0.1, -0.05) is 6.07 Å². The van der Waals surface area contributed by atoms with Crippen LogP contribution in [0.1, 0.15) is 0 Å². The molecule has 4 heteroatoms. The molecule has 0 atom stereocenters. The number of hydrogen-bond acceptors (Lipinski definition) is 2. The molecule has 3 aromatic heterocycles. The van der Waals surface area contributed by atoms with Crippen LogP contribution in [0.3, 0.4) is 0 Å². The van der Waals surface area contributed by atoms with Gasteiger partial charge in [-0.25, -0.2) is 0 Å². The van der Waals surface area contributed by atoms with Crippen LogP contribution in [0.15, 0.2) is 52.8 Å². The summed E-state index contributed by atoms with van der Waals surface area (Å²) in [4.78, 5) is 19.9. The van der Waals surface area contributed by atoms with Crippen LogP contribution < -0.4 is 5.43 Å². The highest BCUT2D eigenvalue weighted by Crippen LogP contribution is 2.26. The van der Waals surface area contributed by atoms with Crippen LogP contribution in [0, 0.1) is 0 Å². The predicted octanol–water partition coefficient (Wildman–Crippen LogP) is 3.74. The molecule has 0 saturated carbocycles. The molecule has 0 aliphatic rings. The van der Waals surface area contributed by atoms with Gasteiger partial charge in [-0.05, 0) is 29.6 Å². The number of rotatable bonds is 1. The Hall–Kier alpha value is -2.33. The quantitative estimate of drug-likeness (QED) is 0.541. The van der Waals surface area contributed by atoms with Crippen LogP contribution in [0.2, 0.25) is 0 Å². The van der Waals surface area contributed by atoms with Crippen LogP contribution in [-0.4, -0.2) is 9.97 Å². The molecule has 0 saturated heterocycles. The van der Waals surface area contributed by atoms with Crippen molar-refractivity contribution in [1.82, 2.24) is 9.97 Å². The van der Waals surface area contributed by atoms with Crippen molar-refractivity contribution in [2.45, 2.75) is 0 Å². The van der Waals surface area contributed by atoms with Gasteiger partial charge in [0.05, 0.1) is 21.5 Å². The minimum Gasteiger partial charge on any atom is -0.361 e. The number of pyridine rings is 1. The van der Waals surface area contributed by atoms with Crippen molar-refractivity contribution >= 4 is 33.1 Å². The Labute approximate surface area is 112 Å². The molecule has 0 amide bonds. The largest absolute Gasteiger partial charge is 0.361 e. The number of hydrogen-bond donors (Lipinski definition) is 2. The van der Waals surface area contributed by atoms with E-state index in [1.165, 1.54) is 0 Å². The van der Waals surface area contributed by atoms with Crippen molar-refractivity contribution in [3.8, 4) is 10.6 Å². The lowest BCUT2D eigenvalue weighted by atomic mass is 10.1. The van der Waals surface area contributed by atoms with E-state index < -0.39 is 0 Å². The zero-order chi connectivity index (χ0) is 12.8. The number of aromatic nitrogens is 2. The summed E-state index contributed by atoms with van der Waals surface area (Å²) in [6.45, 7) is 0. The first-order chi connectivity index (χ1) is 9.33. The first-order valence-corrected chi connectivity index (χ1v) is 6.88. The third kappa shape index (κ3) is 1.54. The maximum atomic E-state index is 12.4. The minimum absolute atomic E-state index is 0.0577. The lowest BCUT2D eigenvalue weighted by Gasteiger charge is -2.03. The third-order valence-electron chi connectivity index (χ3n) is 3.31. The van der Waals surface area contributed by atoms with Crippen molar-refractivity contribution in [2.24, 2.45) is 0 Å². The minimum atomic E-state index is 0.0577. The molecule has 19 heavy (non-hydrogen) atoms. The fourth-order valence-corrected chi connectivity index (χ4v) is 3.15. The molecule has 1 aromatic carbocycles. The summed E-state index contributed by atoms with van der Waals surface area (Å²) in [7, 11) is 0. The smallest absolute Gasteiger partial charge is 0.190 e. The zero-order valence-electron chi connectivity index (χ0n) is 9.94. The Morgan fingerprint density at radius 1 is 1.05 bits per heavy atom. The van der Waals surface area contributed by atoms with Crippen molar-refractivity contribution in [2.75, 3.05) is 0 Å². The van der Waals surface area contributed by atoms with E-state index in [0.717, 1.165) is 32.4 Å². The van der Waals surface area contributed by atoms with Gasteiger partial charge in [0.15, 0.2) is 5.43 Å². The molecule has 0 radical (unpaired) electrons. The first-order valence-electron chi connectivity index (χ1n) is 6.00. The van der Waals surface area contributed by atoms with E-state index in [4.69, 9.17) is 0 Å². The Bertz CT molecular complexity index is 932. The van der Waals surface area contributed by atoms with E-state index >= 15 is 0 Å². The number of nitrogens with one attached hydrogen (secondary N) is 2. The highest BCUT2D eigenvalue weighted by molar-refractivity contribution is 7.13. The molecule has 0 spiro atoms. The lowest BCUT2D eigenvalue weighted by Crippen LogP contribution is -2.02. The number of aromatic amines is 2. The average Bonchev–Trinajstić information content (AvgIpc) is 3.09. The van der Waals surface area contributed by atoms with Gasteiger partial charge in [-0.15, -0.1) is 11.3 Å². The Morgan fingerprint density at radius 2 is 1.95 bits per heavy atom. The predicted molar refractivity (Wildman–Crippen MR) is 79.7 cm³/mol. The van der Waals surface area contributed by atoms with Gasteiger partial charge in [-0.3, -0.25) is 4.79 Å². The molecule has 3 heterocycles. The van der Waals surface area contributed by atoms with Gasteiger partial charge in [0.25, 0.3) is 0 Å². The number of fused-ring (bicyclic) bond motifs is 3. The number of thiophene rings is 1. The molecule has 3 nitrogen and oxygen atoms in total. The topological polar surface area (TPSA) is 48.6 Å². The van der Waals surface area contributed by atoms with Crippen molar-refractivity contribution < 1.29 is 0 Å². The summed E-state index contributed by atoms with van der Waals surface area (Å²) in [6, 6.07) is 11.6. The van der Waals surface area contributed by atoms with Crippen LogP contribution in [0.4, 0.5) is 0 Å². The van der Waals surface area contributed by atoms with Crippen molar-refractivity contribution in [1.29, 1.82) is 0 Å². The molecular formula is C15H10N2OS. The maximum absolute atomic E-state index is 12.4. The molecular weight excluding hydrogens is 256 g/mol. The fourth-order valence-electron chi connectivity index (χ4n) is 2.45. The summed E-state index contributed by atoms with van der Waals surface area (Å²) in [5, 5.41) is 3.73. The van der Waals surface area contributed by atoms with Gasteiger partial charge in [0.1, 0.15) is 0 Å². The Kier molecular flexibility index (Phi) is 2.13. The molecule has 92 valence electrons. The molecule has 2 N–H and O–H groups in total. The zero-order valence-corrected chi connectivity index (χ0v) is 10.8. The average molecular weight is 266 g/mol. The van der Waals surface area contributed by atoms with Gasteiger partial charge >= 0.3 is 0 Å². The van der Waals surface area contributed by atoms with Crippen LogP contribution in [0.5, 0.6) is 0 Å². The number of H-pyrrole nitrogens is 2. The standard InChI is InChI=1S/C15H10N2OS/c18-13-8-12(14-2-1-7-19-14)17-11-4-3-10-9(15(11)13)5-6-16-10/h1-8,16H,(H,17,18). The van der Waals surface area contributed by atoms with Crippen LogP contribution in [-0.2, 0) is 0 Å². The number of benzene rings is 1. The van der Waals surface area contributed by atoms with E-state index in [1.807, 2.05) is 41.9 Å². The Morgan fingerprint density at radius 3 is 2.79 bits per heavy atom. The summed E-state index contributed by atoms with van der Waals surface area (Å²) in [6.07, 6.45) is 1.86. The summed E-state index contributed by atoms with van der Waals surface area (Å²) in [5.41, 5.74) is 2.80. The molecule has 4 rings (SSSR count). The van der Waals surface area contributed by atoms with Crippen LogP contribution >= 0.6 is 11.3 Å². The van der Waals surface area contributed by atoms with Gasteiger partial charge in [0, 0.05) is 23.2 Å². The molecule has 0 unspecified atom stereocenters. The van der Waals surface area contributed by atoms with E-state index in [-0.39, 0.29) is 5.43 Å². The molecule has 0 aliphatic carbocycles. The summed E-state index contributed by atoms with van der Waals surface area (Å²) >= 11 is 1.62. The van der Waals surface area contributed by atoms with E-state index in [0.29, 0.717) is 0 Å². The summed E-state index contributed by atoms with van der Waals surface area (Å²) in [5.74, 6) is 0. The van der Waals surface area contributed by atoms with Gasteiger partial charge < -0.3 is 9.97 Å². The van der Waals surface area contributed by atoms with Gasteiger partial charge in [-0.2, -0.15) is 0 Å². The third-order valence-corrected chi connectivity index (χ3v) is 4.22. The van der Waals surface area contributed by atoms with Crippen molar-refractivity contribution in [3.05, 3.63) is 58.2 Å². The van der Waals surface area contributed by atoms with E-state index in [1.54, 1.807) is 17.4 Å². The van der Waals surface area contributed by atoms with E-state index in [9.17, 15) is 4.79 Å². The normalized spacial score (nSPS) is 11.4.